The first-order valence-corrected chi connectivity index (χ1v) is 9.01. The predicted octanol–water partition coefficient (Wildman–Crippen LogP) is 5.85. The van der Waals surface area contributed by atoms with Crippen LogP contribution in [0.3, 0.4) is 0 Å². The van der Waals surface area contributed by atoms with E-state index in [1.54, 1.807) is 60.7 Å². The number of ketones is 1. The molecule has 0 aliphatic rings. The molecule has 138 valence electrons. The normalized spacial score (nSPS) is 11.0. The average Bonchev–Trinajstić information content (AvgIpc) is 2.73. The van der Waals surface area contributed by atoms with Crippen molar-refractivity contribution in [3.05, 3.63) is 113 Å². The van der Waals surface area contributed by atoms with Crippen molar-refractivity contribution >= 4 is 35.5 Å². The van der Waals surface area contributed by atoms with Gasteiger partial charge in [-0.2, -0.15) is 0 Å². The second-order valence-corrected chi connectivity index (χ2v) is 6.38. The van der Waals surface area contributed by atoms with Gasteiger partial charge in [0.1, 0.15) is 5.75 Å². The maximum absolute atomic E-state index is 12.1. The molecule has 0 spiro atoms. The minimum absolute atomic E-state index is 0.113. The largest absolute Gasteiger partial charge is 0.423 e. The van der Waals surface area contributed by atoms with Gasteiger partial charge in [0.05, 0.1) is 0 Å². The number of allylic oxidation sites excluding steroid dienone is 1. The zero-order valence-corrected chi connectivity index (χ0v) is 15.7. The van der Waals surface area contributed by atoms with Gasteiger partial charge in [-0.3, -0.25) is 4.79 Å². The van der Waals surface area contributed by atoms with E-state index in [1.807, 2.05) is 30.3 Å². The number of halogens is 1. The molecule has 28 heavy (non-hydrogen) atoms. The summed E-state index contributed by atoms with van der Waals surface area (Å²) in [5.41, 5.74) is 2.31. The second kappa shape index (κ2) is 9.49. The fourth-order valence-corrected chi connectivity index (χ4v) is 2.53. The first kappa shape index (κ1) is 19.3. The van der Waals surface area contributed by atoms with Crippen molar-refractivity contribution in [3.63, 3.8) is 0 Å². The SMILES string of the molecule is O=C(C=Cc1ccccc1)Oc1ccc(C=CC(=O)c2ccc(Cl)cc2)cc1. The molecule has 0 amide bonds. The predicted molar refractivity (Wildman–Crippen MR) is 112 cm³/mol. The van der Waals surface area contributed by atoms with Crippen molar-refractivity contribution in [1.29, 1.82) is 0 Å². The second-order valence-electron chi connectivity index (χ2n) is 5.94. The van der Waals surface area contributed by atoms with Gasteiger partial charge in [0, 0.05) is 16.7 Å². The summed E-state index contributed by atoms with van der Waals surface area (Å²) in [6.07, 6.45) is 6.28. The number of rotatable bonds is 6. The summed E-state index contributed by atoms with van der Waals surface area (Å²) >= 11 is 5.82. The van der Waals surface area contributed by atoms with Crippen molar-refractivity contribution in [2.24, 2.45) is 0 Å². The minimum Gasteiger partial charge on any atom is -0.423 e. The zero-order valence-electron chi connectivity index (χ0n) is 14.9. The highest BCUT2D eigenvalue weighted by Gasteiger charge is 2.02. The van der Waals surface area contributed by atoms with E-state index in [0.29, 0.717) is 16.3 Å². The van der Waals surface area contributed by atoms with Gasteiger partial charge in [-0.25, -0.2) is 4.79 Å². The van der Waals surface area contributed by atoms with E-state index in [4.69, 9.17) is 16.3 Å². The van der Waals surface area contributed by atoms with Gasteiger partial charge < -0.3 is 4.74 Å². The van der Waals surface area contributed by atoms with Crippen LogP contribution < -0.4 is 4.74 Å². The standard InChI is InChI=1S/C24H17ClO3/c25-21-12-10-20(11-13-21)23(26)16-8-19-6-14-22(15-7-19)28-24(27)17-9-18-4-2-1-3-5-18/h1-17H. The van der Waals surface area contributed by atoms with Crippen LogP contribution in [0.5, 0.6) is 5.75 Å². The molecule has 3 nitrogen and oxygen atoms in total. The number of hydrogen-bond acceptors (Lipinski definition) is 3. The molecule has 0 fully saturated rings. The van der Waals surface area contributed by atoms with Crippen LogP contribution in [0.2, 0.25) is 5.02 Å². The van der Waals surface area contributed by atoms with Crippen molar-refractivity contribution in [3.8, 4) is 5.75 Å². The Labute approximate surface area is 168 Å². The van der Waals surface area contributed by atoms with E-state index in [0.717, 1.165) is 11.1 Å². The number of carbonyl (C=O) groups excluding carboxylic acids is 2. The van der Waals surface area contributed by atoms with E-state index >= 15 is 0 Å². The lowest BCUT2D eigenvalue weighted by atomic mass is 10.1. The molecule has 0 atom stereocenters. The van der Waals surface area contributed by atoms with E-state index in [-0.39, 0.29) is 5.78 Å². The monoisotopic (exact) mass is 388 g/mol. The Balaban J connectivity index is 1.57. The molecule has 3 rings (SSSR count). The van der Waals surface area contributed by atoms with E-state index in [9.17, 15) is 9.59 Å². The molecule has 0 aliphatic heterocycles. The Hall–Kier alpha value is -3.43. The molecule has 0 saturated heterocycles. The maximum atomic E-state index is 12.1. The molecule has 0 unspecified atom stereocenters. The first-order valence-electron chi connectivity index (χ1n) is 8.63. The maximum Gasteiger partial charge on any atom is 0.336 e. The number of carbonyl (C=O) groups is 2. The molecule has 0 aliphatic carbocycles. The lowest BCUT2D eigenvalue weighted by Gasteiger charge is -2.02. The molecule has 0 saturated carbocycles. The summed E-state index contributed by atoms with van der Waals surface area (Å²) in [6.45, 7) is 0. The Morgan fingerprint density at radius 1 is 0.714 bits per heavy atom. The van der Waals surface area contributed by atoms with Crippen molar-refractivity contribution in [2.75, 3.05) is 0 Å². The summed E-state index contributed by atoms with van der Waals surface area (Å²) in [5, 5.41) is 0.587. The van der Waals surface area contributed by atoms with Gasteiger partial charge in [-0.15, -0.1) is 0 Å². The topological polar surface area (TPSA) is 43.4 Å². The molecule has 3 aromatic rings. The third-order valence-corrected chi connectivity index (χ3v) is 4.12. The first-order chi connectivity index (χ1) is 13.6. The summed E-state index contributed by atoms with van der Waals surface area (Å²) in [5.74, 6) is -0.132. The van der Waals surface area contributed by atoms with Crippen LogP contribution in [-0.4, -0.2) is 11.8 Å². The lowest BCUT2D eigenvalue weighted by Crippen LogP contribution is -2.03. The van der Waals surface area contributed by atoms with Crippen molar-refractivity contribution in [1.82, 2.24) is 0 Å². The van der Waals surface area contributed by atoms with E-state index in [1.165, 1.54) is 12.2 Å². The van der Waals surface area contributed by atoms with Gasteiger partial charge in [0.25, 0.3) is 0 Å². The smallest absolute Gasteiger partial charge is 0.336 e. The number of esters is 1. The third kappa shape index (κ3) is 5.79. The van der Waals surface area contributed by atoms with E-state index < -0.39 is 5.97 Å². The van der Waals surface area contributed by atoms with E-state index in [2.05, 4.69) is 0 Å². The zero-order chi connectivity index (χ0) is 19.8. The summed E-state index contributed by atoms with van der Waals surface area (Å²) < 4.78 is 5.27. The van der Waals surface area contributed by atoms with Crippen LogP contribution in [0, 0.1) is 0 Å². The number of ether oxygens (including phenoxy) is 1. The highest BCUT2D eigenvalue weighted by molar-refractivity contribution is 6.30. The number of hydrogen-bond donors (Lipinski definition) is 0. The Bertz CT molecular complexity index is 1000. The minimum atomic E-state index is -0.454. The van der Waals surface area contributed by atoms with Crippen LogP contribution in [0.1, 0.15) is 21.5 Å². The third-order valence-electron chi connectivity index (χ3n) is 3.87. The van der Waals surface area contributed by atoms with Crippen LogP contribution in [0.25, 0.3) is 12.2 Å². The molecule has 0 radical (unpaired) electrons. The van der Waals surface area contributed by atoms with Crippen LogP contribution in [-0.2, 0) is 4.79 Å². The average molecular weight is 389 g/mol. The Kier molecular flexibility index (Phi) is 6.55. The molecule has 0 N–H and O–H groups in total. The number of benzene rings is 3. The Morgan fingerprint density at radius 2 is 1.32 bits per heavy atom. The highest BCUT2D eigenvalue weighted by Crippen LogP contribution is 2.15. The Morgan fingerprint density at radius 3 is 2.00 bits per heavy atom. The van der Waals surface area contributed by atoms with Crippen LogP contribution in [0.15, 0.2) is 91.0 Å². The lowest BCUT2D eigenvalue weighted by molar-refractivity contribution is -0.128. The van der Waals surface area contributed by atoms with Crippen LogP contribution in [0.4, 0.5) is 0 Å². The fourth-order valence-electron chi connectivity index (χ4n) is 2.41. The van der Waals surface area contributed by atoms with Gasteiger partial charge in [0.15, 0.2) is 5.78 Å². The van der Waals surface area contributed by atoms with Gasteiger partial charge in [-0.05, 0) is 59.7 Å². The molecule has 4 heteroatoms. The molecule has 0 bridgehead atoms. The van der Waals surface area contributed by atoms with Crippen molar-refractivity contribution in [2.45, 2.75) is 0 Å². The molecule has 0 aromatic heterocycles. The summed E-state index contributed by atoms with van der Waals surface area (Å²) in [4.78, 5) is 24.0. The summed E-state index contributed by atoms with van der Waals surface area (Å²) in [7, 11) is 0. The van der Waals surface area contributed by atoms with Crippen LogP contribution >= 0.6 is 11.6 Å². The van der Waals surface area contributed by atoms with Crippen molar-refractivity contribution < 1.29 is 14.3 Å². The van der Waals surface area contributed by atoms with Gasteiger partial charge in [0.2, 0.25) is 0 Å². The summed E-state index contributed by atoms with van der Waals surface area (Å²) in [6, 6.07) is 23.1. The molecular weight excluding hydrogens is 372 g/mol. The fraction of sp³-hybridized carbons (Fsp3) is 0. The quantitative estimate of drug-likeness (QED) is 0.230. The van der Waals surface area contributed by atoms with Gasteiger partial charge in [-0.1, -0.05) is 60.1 Å². The molecule has 0 heterocycles. The van der Waals surface area contributed by atoms with Gasteiger partial charge >= 0.3 is 5.97 Å². The highest BCUT2D eigenvalue weighted by atomic mass is 35.5. The molecule has 3 aromatic carbocycles. The molecular formula is C24H17ClO3.